The first-order valence-electron chi connectivity index (χ1n) is 7.56. The lowest BCUT2D eigenvalue weighted by molar-refractivity contribution is 0.279. The SMILES string of the molecule is CCC1(CC)CCN(S(=O)(=O)Cc2ccc(CCl)cc2)C1. The zero-order valence-electron chi connectivity index (χ0n) is 12.8. The Morgan fingerprint density at radius 2 is 1.71 bits per heavy atom. The smallest absolute Gasteiger partial charge is 0.212 e. The van der Waals surface area contributed by atoms with Crippen LogP contribution in [0.5, 0.6) is 0 Å². The van der Waals surface area contributed by atoms with Crippen molar-refractivity contribution < 1.29 is 8.42 Å². The highest BCUT2D eigenvalue weighted by Gasteiger charge is 2.39. The van der Waals surface area contributed by atoms with Crippen molar-refractivity contribution in [1.29, 1.82) is 0 Å². The summed E-state index contributed by atoms with van der Waals surface area (Å²) in [5.74, 6) is 0.535. The summed E-state index contributed by atoms with van der Waals surface area (Å²) in [6.07, 6.45) is 3.06. The molecule has 118 valence electrons. The van der Waals surface area contributed by atoms with Crippen LogP contribution in [0.2, 0.25) is 0 Å². The van der Waals surface area contributed by atoms with Gasteiger partial charge in [-0.25, -0.2) is 12.7 Å². The van der Waals surface area contributed by atoms with Gasteiger partial charge in [-0.1, -0.05) is 38.1 Å². The average molecular weight is 330 g/mol. The maximum Gasteiger partial charge on any atom is 0.218 e. The van der Waals surface area contributed by atoms with E-state index < -0.39 is 10.0 Å². The molecule has 0 spiro atoms. The zero-order valence-corrected chi connectivity index (χ0v) is 14.4. The van der Waals surface area contributed by atoms with Crippen LogP contribution in [0, 0.1) is 5.41 Å². The maximum absolute atomic E-state index is 12.6. The third-order valence-electron chi connectivity index (χ3n) is 4.82. The van der Waals surface area contributed by atoms with Crippen LogP contribution < -0.4 is 0 Å². The van der Waals surface area contributed by atoms with E-state index in [1.54, 1.807) is 4.31 Å². The topological polar surface area (TPSA) is 37.4 Å². The van der Waals surface area contributed by atoms with Crippen molar-refractivity contribution in [2.75, 3.05) is 13.1 Å². The summed E-state index contributed by atoms with van der Waals surface area (Å²) >= 11 is 5.75. The molecule has 0 radical (unpaired) electrons. The van der Waals surface area contributed by atoms with Gasteiger partial charge in [-0.05, 0) is 35.8 Å². The number of alkyl halides is 1. The monoisotopic (exact) mass is 329 g/mol. The Morgan fingerprint density at radius 1 is 1.14 bits per heavy atom. The molecule has 1 saturated heterocycles. The second kappa shape index (κ2) is 6.67. The molecule has 0 saturated carbocycles. The third-order valence-corrected chi connectivity index (χ3v) is 6.93. The van der Waals surface area contributed by atoms with Crippen LogP contribution in [0.1, 0.15) is 44.2 Å². The van der Waals surface area contributed by atoms with Gasteiger partial charge >= 0.3 is 0 Å². The Bertz CT molecular complexity index is 564. The van der Waals surface area contributed by atoms with Crippen molar-refractivity contribution >= 4 is 21.6 Å². The molecule has 0 N–H and O–H groups in total. The molecule has 0 aliphatic carbocycles. The van der Waals surface area contributed by atoms with Crippen LogP contribution in [0.25, 0.3) is 0 Å². The van der Waals surface area contributed by atoms with Crippen molar-refractivity contribution in [3.63, 3.8) is 0 Å². The van der Waals surface area contributed by atoms with Crippen LogP contribution in [0.3, 0.4) is 0 Å². The van der Waals surface area contributed by atoms with Gasteiger partial charge in [0.05, 0.1) is 5.75 Å². The lowest BCUT2D eigenvalue weighted by Gasteiger charge is -2.26. The minimum atomic E-state index is -3.22. The van der Waals surface area contributed by atoms with E-state index in [1.165, 1.54) is 0 Å². The number of nitrogens with zero attached hydrogens (tertiary/aromatic N) is 1. The van der Waals surface area contributed by atoms with Gasteiger partial charge in [0.15, 0.2) is 0 Å². The number of hydrogen-bond acceptors (Lipinski definition) is 2. The molecule has 0 aromatic heterocycles. The predicted octanol–water partition coefficient (Wildman–Crippen LogP) is 3.77. The lowest BCUT2D eigenvalue weighted by atomic mass is 9.82. The summed E-state index contributed by atoms with van der Waals surface area (Å²) < 4.78 is 26.8. The fraction of sp³-hybridized carbons (Fsp3) is 0.625. The predicted molar refractivity (Wildman–Crippen MR) is 87.8 cm³/mol. The molecule has 1 aromatic carbocycles. The van der Waals surface area contributed by atoms with Crippen LogP contribution in [-0.2, 0) is 21.7 Å². The van der Waals surface area contributed by atoms with E-state index in [0.29, 0.717) is 19.0 Å². The van der Waals surface area contributed by atoms with Gasteiger partial charge in [-0.15, -0.1) is 11.6 Å². The molecule has 1 heterocycles. The molecule has 1 aromatic rings. The minimum Gasteiger partial charge on any atom is -0.212 e. The van der Waals surface area contributed by atoms with Gasteiger partial charge < -0.3 is 0 Å². The Balaban J connectivity index is 2.08. The molecule has 0 unspecified atom stereocenters. The molecule has 0 amide bonds. The molecule has 21 heavy (non-hydrogen) atoms. The highest BCUT2D eigenvalue weighted by molar-refractivity contribution is 7.88. The number of benzene rings is 1. The summed E-state index contributed by atoms with van der Waals surface area (Å²) in [5.41, 5.74) is 2.01. The van der Waals surface area contributed by atoms with Gasteiger partial charge in [0, 0.05) is 19.0 Å². The number of halogens is 1. The van der Waals surface area contributed by atoms with Crippen LogP contribution in [0.4, 0.5) is 0 Å². The third kappa shape index (κ3) is 3.79. The van der Waals surface area contributed by atoms with Gasteiger partial charge in [0.2, 0.25) is 10.0 Å². The second-order valence-electron chi connectivity index (χ2n) is 6.00. The number of rotatable bonds is 6. The molecule has 0 bridgehead atoms. The average Bonchev–Trinajstić information content (AvgIpc) is 2.94. The quantitative estimate of drug-likeness (QED) is 0.745. The molecular formula is C16H24ClNO2S. The second-order valence-corrected chi connectivity index (χ2v) is 8.23. The molecular weight excluding hydrogens is 306 g/mol. The van der Waals surface area contributed by atoms with E-state index in [9.17, 15) is 8.42 Å². The first-order valence-corrected chi connectivity index (χ1v) is 9.70. The van der Waals surface area contributed by atoms with Crippen molar-refractivity contribution in [2.24, 2.45) is 5.41 Å². The highest BCUT2D eigenvalue weighted by atomic mass is 35.5. The Morgan fingerprint density at radius 3 is 2.19 bits per heavy atom. The summed E-state index contributed by atoms with van der Waals surface area (Å²) in [7, 11) is -3.22. The normalized spacial score (nSPS) is 19.0. The molecule has 1 aliphatic heterocycles. The summed E-state index contributed by atoms with van der Waals surface area (Å²) in [6, 6.07) is 7.50. The van der Waals surface area contributed by atoms with E-state index in [1.807, 2.05) is 24.3 Å². The molecule has 1 fully saturated rings. The first kappa shape index (κ1) is 16.8. The largest absolute Gasteiger partial charge is 0.218 e. The van der Waals surface area contributed by atoms with Crippen molar-refractivity contribution in [3.8, 4) is 0 Å². The number of hydrogen-bond donors (Lipinski definition) is 0. The first-order chi connectivity index (χ1) is 9.94. The Kier molecular flexibility index (Phi) is 5.33. The van der Waals surface area contributed by atoms with Gasteiger partial charge in [-0.2, -0.15) is 0 Å². The minimum absolute atomic E-state index is 0.0824. The molecule has 1 aliphatic rings. The summed E-state index contributed by atoms with van der Waals surface area (Å²) in [6.45, 7) is 5.64. The van der Waals surface area contributed by atoms with Crippen molar-refractivity contribution in [2.45, 2.75) is 44.7 Å². The summed E-state index contributed by atoms with van der Waals surface area (Å²) in [5, 5.41) is 0. The lowest BCUT2D eigenvalue weighted by Crippen LogP contribution is -2.32. The van der Waals surface area contributed by atoms with E-state index >= 15 is 0 Å². The fourth-order valence-corrected chi connectivity index (χ4v) is 4.80. The Hall–Kier alpha value is -0.580. The van der Waals surface area contributed by atoms with Gasteiger partial charge in [-0.3, -0.25) is 0 Å². The Labute approximate surface area is 133 Å². The highest BCUT2D eigenvalue weighted by Crippen LogP contribution is 2.38. The molecule has 3 nitrogen and oxygen atoms in total. The zero-order chi connectivity index (χ0) is 15.5. The molecule has 2 rings (SSSR count). The van der Waals surface area contributed by atoms with Crippen LogP contribution in [-0.4, -0.2) is 25.8 Å². The maximum atomic E-state index is 12.6. The van der Waals surface area contributed by atoms with Crippen molar-refractivity contribution in [3.05, 3.63) is 35.4 Å². The number of sulfonamides is 1. The van der Waals surface area contributed by atoms with Crippen LogP contribution >= 0.6 is 11.6 Å². The van der Waals surface area contributed by atoms with E-state index in [-0.39, 0.29) is 11.2 Å². The van der Waals surface area contributed by atoms with Crippen molar-refractivity contribution in [1.82, 2.24) is 4.31 Å². The van der Waals surface area contributed by atoms with E-state index in [4.69, 9.17) is 11.6 Å². The molecule has 5 heteroatoms. The van der Waals surface area contributed by atoms with E-state index in [2.05, 4.69) is 13.8 Å². The van der Waals surface area contributed by atoms with E-state index in [0.717, 1.165) is 30.4 Å². The summed E-state index contributed by atoms with van der Waals surface area (Å²) in [4.78, 5) is 0. The van der Waals surface area contributed by atoms with Gasteiger partial charge in [0.25, 0.3) is 0 Å². The van der Waals surface area contributed by atoms with Crippen LogP contribution in [0.15, 0.2) is 24.3 Å². The standard InChI is InChI=1S/C16H24ClNO2S/c1-3-16(4-2)9-10-18(13-16)21(19,20)12-15-7-5-14(11-17)6-8-15/h5-8H,3-4,9-13H2,1-2H3. The fourth-order valence-electron chi connectivity index (χ4n) is 2.99. The molecule has 0 atom stereocenters. The van der Waals surface area contributed by atoms with Gasteiger partial charge in [0.1, 0.15) is 0 Å².